The van der Waals surface area contributed by atoms with Crippen LogP contribution in [-0.2, 0) is 29.7 Å². The van der Waals surface area contributed by atoms with Gasteiger partial charge >= 0.3 is 0 Å². The summed E-state index contributed by atoms with van der Waals surface area (Å²) in [6, 6.07) is 16.3. The standard InChI is InChI=1S/C25H24ClFN4OS.C10H11N3O.C3H6O/c1-16-12-22-25(33-16)29-23(30(22)2)14-31-10-8-17(9-11-31)21-4-3-5-24(28-21)32-15-18-6-7-19(26)13-20(18)27;1-6-3-8(11-5-14)4-9-7(2)12-13-10(6)9;1-2-4-3-1/h3-8,12-13H,9-11,14-15H2,1-2H3;3-5H,1-2H3,(H,11,14)(H,12,13);1-3H2. The number of hydrogen-bond donors (Lipinski definition) is 2. The van der Waals surface area contributed by atoms with Gasteiger partial charge < -0.3 is 19.4 Å². The summed E-state index contributed by atoms with van der Waals surface area (Å²) in [5.74, 6) is 1.20. The molecule has 266 valence electrons. The van der Waals surface area contributed by atoms with Crippen LogP contribution in [0, 0.1) is 26.6 Å². The number of benzene rings is 2. The Morgan fingerprint density at radius 3 is 2.61 bits per heavy atom. The van der Waals surface area contributed by atoms with Gasteiger partial charge in [0.2, 0.25) is 12.3 Å². The van der Waals surface area contributed by atoms with Gasteiger partial charge in [0.15, 0.2) is 0 Å². The van der Waals surface area contributed by atoms with Crippen molar-refractivity contribution >= 4 is 61.9 Å². The van der Waals surface area contributed by atoms with Crippen LogP contribution in [-0.4, -0.2) is 62.3 Å². The molecule has 0 spiro atoms. The van der Waals surface area contributed by atoms with Crippen molar-refractivity contribution in [1.82, 2.24) is 29.6 Å². The molecule has 6 aromatic rings. The Kier molecular flexibility index (Phi) is 11.8. The van der Waals surface area contributed by atoms with Gasteiger partial charge in [0, 0.05) is 71.6 Å². The van der Waals surface area contributed by atoms with Crippen LogP contribution in [0.25, 0.3) is 26.8 Å². The van der Waals surface area contributed by atoms with Crippen LogP contribution in [0.5, 0.6) is 5.88 Å². The first-order valence-corrected chi connectivity index (χ1v) is 18.0. The fraction of sp³-hybridized carbons (Fsp3) is 0.316. The highest BCUT2D eigenvalue weighted by Gasteiger charge is 2.18. The number of aryl methyl sites for hydroxylation is 4. The number of carbonyl (C=O) groups is 1. The van der Waals surface area contributed by atoms with E-state index in [0.29, 0.717) is 22.9 Å². The number of anilines is 1. The third-order valence-corrected chi connectivity index (χ3v) is 9.91. The van der Waals surface area contributed by atoms with E-state index in [-0.39, 0.29) is 12.4 Å². The molecule has 2 aliphatic rings. The van der Waals surface area contributed by atoms with Gasteiger partial charge in [-0.15, -0.1) is 11.3 Å². The molecule has 0 radical (unpaired) electrons. The number of thiophene rings is 1. The molecule has 2 N–H and O–H groups in total. The fourth-order valence-corrected chi connectivity index (χ4v) is 6.83. The number of halogens is 2. The van der Waals surface area contributed by atoms with Gasteiger partial charge in [-0.3, -0.25) is 14.8 Å². The topological polar surface area (TPSA) is 110 Å². The van der Waals surface area contributed by atoms with Crippen molar-refractivity contribution in [3.8, 4) is 5.88 Å². The van der Waals surface area contributed by atoms with E-state index in [1.807, 2.05) is 38.1 Å². The SMILES string of the molecule is C1COC1.Cc1[nH]nc2c(C)cc(NC=O)cc12.Cc1cc2c(nc(CN3CC=C(c4cccc(OCc5ccc(Cl)cc5F)n4)CC3)n2C)s1. The minimum atomic E-state index is -0.378. The van der Waals surface area contributed by atoms with E-state index in [9.17, 15) is 9.18 Å². The van der Waals surface area contributed by atoms with Gasteiger partial charge in [0.1, 0.15) is 23.1 Å². The molecule has 2 aromatic carbocycles. The third-order valence-electron chi connectivity index (χ3n) is 8.74. The monoisotopic (exact) mass is 729 g/mol. The van der Waals surface area contributed by atoms with Gasteiger partial charge in [-0.2, -0.15) is 5.10 Å². The lowest BCUT2D eigenvalue weighted by molar-refractivity contribution is -0.105. The quantitative estimate of drug-likeness (QED) is 0.152. The molecule has 1 saturated heterocycles. The number of ether oxygens (including phenoxy) is 2. The van der Waals surface area contributed by atoms with Crippen LogP contribution in [0.4, 0.5) is 10.1 Å². The maximum absolute atomic E-state index is 14.0. The van der Waals surface area contributed by atoms with Crippen molar-refractivity contribution in [2.45, 2.75) is 46.8 Å². The zero-order valence-electron chi connectivity index (χ0n) is 29.1. The molecule has 0 aliphatic carbocycles. The van der Waals surface area contributed by atoms with Crippen molar-refractivity contribution in [3.63, 3.8) is 0 Å². The molecule has 10 nitrogen and oxygen atoms in total. The number of H-pyrrole nitrogens is 1. The number of aromatic nitrogens is 5. The molecule has 2 aliphatic heterocycles. The summed E-state index contributed by atoms with van der Waals surface area (Å²) >= 11 is 7.56. The van der Waals surface area contributed by atoms with Crippen LogP contribution < -0.4 is 10.1 Å². The second-order valence-electron chi connectivity index (χ2n) is 12.5. The fourth-order valence-electron chi connectivity index (χ4n) is 5.74. The Morgan fingerprint density at radius 1 is 1.12 bits per heavy atom. The van der Waals surface area contributed by atoms with Gasteiger partial charge in [0.05, 0.1) is 23.3 Å². The lowest BCUT2D eigenvalue weighted by Gasteiger charge is -2.25. The Hall–Kier alpha value is -4.62. The molecule has 0 saturated carbocycles. The Morgan fingerprint density at radius 2 is 1.92 bits per heavy atom. The first-order chi connectivity index (χ1) is 24.7. The normalized spacial score (nSPS) is 14.2. The molecule has 6 heterocycles. The number of rotatable bonds is 8. The number of hydrogen-bond acceptors (Lipinski definition) is 8. The molecule has 4 aromatic heterocycles. The van der Waals surface area contributed by atoms with Crippen LogP contribution >= 0.6 is 22.9 Å². The Labute approximate surface area is 305 Å². The number of fused-ring (bicyclic) bond motifs is 2. The molecular formula is C38H41ClFN7O3S. The number of aromatic amines is 1. The zero-order valence-corrected chi connectivity index (χ0v) is 30.7. The predicted octanol–water partition coefficient (Wildman–Crippen LogP) is 8.15. The largest absolute Gasteiger partial charge is 0.473 e. The van der Waals surface area contributed by atoms with Crippen molar-refractivity contribution in [3.05, 3.63) is 105 Å². The molecule has 13 heteroatoms. The summed E-state index contributed by atoms with van der Waals surface area (Å²) in [4.78, 5) is 24.6. The number of imidazole rings is 1. The van der Waals surface area contributed by atoms with Gasteiger partial charge in [0.25, 0.3) is 0 Å². The van der Waals surface area contributed by atoms with Crippen molar-refractivity contribution < 1.29 is 18.7 Å². The number of carbonyl (C=O) groups excluding carboxylic acids is 1. The second kappa shape index (κ2) is 16.6. The van der Waals surface area contributed by atoms with Gasteiger partial charge in [-0.1, -0.05) is 29.8 Å². The molecule has 51 heavy (non-hydrogen) atoms. The summed E-state index contributed by atoms with van der Waals surface area (Å²) in [5, 5.41) is 11.2. The summed E-state index contributed by atoms with van der Waals surface area (Å²) < 4.78 is 26.7. The molecule has 8 rings (SSSR count). The highest BCUT2D eigenvalue weighted by atomic mass is 35.5. The summed E-state index contributed by atoms with van der Waals surface area (Å²) in [6.45, 7) is 10.8. The Bertz CT molecular complexity index is 2170. The Balaban J connectivity index is 0.000000204. The first-order valence-electron chi connectivity index (χ1n) is 16.8. The number of nitrogens with zero attached hydrogens (tertiary/aromatic N) is 5. The van der Waals surface area contributed by atoms with E-state index in [1.165, 1.54) is 28.5 Å². The molecule has 1 fully saturated rings. The van der Waals surface area contributed by atoms with Gasteiger partial charge in [-0.25, -0.2) is 14.4 Å². The molecule has 0 unspecified atom stereocenters. The number of amides is 1. The lowest BCUT2D eigenvalue weighted by atomic mass is 10.0. The lowest BCUT2D eigenvalue weighted by Crippen LogP contribution is -2.29. The van der Waals surface area contributed by atoms with Crippen LogP contribution in [0.1, 0.15) is 46.1 Å². The van der Waals surface area contributed by atoms with E-state index in [2.05, 4.69) is 56.1 Å². The maximum atomic E-state index is 14.0. The van der Waals surface area contributed by atoms with E-state index >= 15 is 0 Å². The summed E-state index contributed by atoms with van der Waals surface area (Å²) in [7, 11) is 2.09. The molecule has 1 amide bonds. The van der Waals surface area contributed by atoms with Crippen LogP contribution in [0.2, 0.25) is 5.02 Å². The number of nitrogens with one attached hydrogen (secondary N) is 2. The average Bonchev–Trinajstić information content (AvgIpc) is 3.73. The first kappa shape index (κ1) is 36.2. The van der Waals surface area contributed by atoms with E-state index in [1.54, 1.807) is 29.5 Å². The summed E-state index contributed by atoms with van der Waals surface area (Å²) in [5.41, 5.74) is 7.58. The predicted molar refractivity (Wildman–Crippen MR) is 202 cm³/mol. The van der Waals surface area contributed by atoms with Crippen LogP contribution in [0.15, 0.2) is 60.7 Å². The molecule has 0 atom stereocenters. The summed E-state index contributed by atoms with van der Waals surface area (Å²) in [6.07, 6.45) is 5.08. The molecule has 0 bridgehead atoms. The minimum Gasteiger partial charge on any atom is -0.473 e. The van der Waals surface area contributed by atoms with E-state index in [4.69, 9.17) is 26.1 Å². The smallest absolute Gasteiger partial charge is 0.214 e. The molecular weight excluding hydrogens is 689 g/mol. The van der Waals surface area contributed by atoms with Crippen LogP contribution in [0.3, 0.4) is 0 Å². The second-order valence-corrected chi connectivity index (χ2v) is 14.2. The highest BCUT2D eigenvalue weighted by Crippen LogP contribution is 2.28. The van der Waals surface area contributed by atoms with Crippen molar-refractivity contribution in [1.29, 1.82) is 0 Å². The van der Waals surface area contributed by atoms with E-state index in [0.717, 1.165) is 83.5 Å². The van der Waals surface area contributed by atoms with Crippen molar-refractivity contribution in [2.24, 2.45) is 7.05 Å². The average molecular weight is 730 g/mol. The maximum Gasteiger partial charge on any atom is 0.214 e. The minimum absolute atomic E-state index is 0.104. The number of pyridine rings is 1. The van der Waals surface area contributed by atoms with Gasteiger partial charge in [-0.05, 0) is 81.1 Å². The third kappa shape index (κ3) is 9.01. The van der Waals surface area contributed by atoms with E-state index < -0.39 is 0 Å². The highest BCUT2D eigenvalue weighted by molar-refractivity contribution is 7.18. The zero-order chi connectivity index (χ0) is 35.9. The van der Waals surface area contributed by atoms with Crippen molar-refractivity contribution in [2.75, 3.05) is 31.6 Å².